The third-order valence-electron chi connectivity index (χ3n) is 3.93. The van der Waals surface area contributed by atoms with Crippen molar-refractivity contribution in [1.29, 1.82) is 0 Å². The number of nitrogens with zero attached hydrogens (tertiary/aromatic N) is 1. The van der Waals surface area contributed by atoms with Crippen LogP contribution in [-0.4, -0.2) is 41.6 Å². The van der Waals surface area contributed by atoms with Crippen LogP contribution in [0.4, 0.5) is 4.79 Å². The van der Waals surface area contributed by atoms with Crippen molar-refractivity contribution in [1.82, 2.24) is 4.90 Å². The summed E-state index contributed by atoms with van der Waals surface area (Å²) in [5.41, 5.74) is 1.02. The van der Waals surface area contributed by atoms with Crippen LogP contribution in [0, 0.1) is 13.8 Å². The third kappa shape index (κ3) is 4.41. The number of hydrogen-bond acceptors (Lipinski definition) is 4. The Kier molecular flexibility index (Phi) is 5.14. The molecule has 0 aliphatic carbocycles. The first-order valence-electron chi connectivity index (χ1n) is 8.36. The van der Waals surface area contributed by atoms with E-state index in [2.05, 4.69) is 6.07 Å². The van der Waals surface area contributed by atoms with E-state index in [0.29, 0.717) is 13.2 Å². The number of benzene rings is 1. The Balaban J connectivity index is 2.09. The lowest BCUT2D eigenvalue weighted by molar-refractivity contribution is -0.0637. The molecule has 0 bridgehead atoms. The van der Waals surface area contributed by atoms with Crippen LogP contribution >= 0.6 is 0 Å². The van der Waals surface area contributed by atoms with E-state index in [1.807, 2.05) is 60.6 Å². The number of carbonyl (C=O) groups excluding carboxylic acids is 1. The topological polar surface area (TPSA) is 48.0 Å². The van der Waals surface area contributed by atoms with E-state index in [1.165, 1.54) is 5.56 Å². The van der Waals surface area contributed by atoms with Gasteiger partial charge >= 0.3 is 6.09 Å². The zero-order valence-electron chi connectivity index (χ0n) is 15.8. The highest BCUT2D eigenvalue weighted by Crippen LogP contribution is 2.30. The zero-order chi connectivity index (χ0) is 18.1. The number of carbonyl (C=O) groups is 1. The van der Waals surface area contributed by atoms with Gasteiger partial charge in [0.2, 0.25) is 0 Å². The molecule has 0 radical (unpaired) electrons. The molecular formula is C19H29NO4. The van der Waals surface area contributed by atoms with Crippen molar-refractivity contribution in [3.63, 3.8) is 0 Å². The van der Waals surface area contributed by atoms with Gasteiger partial charge in [-0.2, -0.15) is 0 Å². The van der Waals surface area contributed by atoms with E-state index >= 15 is 0 Å². The summed E-state index contributed by atoms with van der Waals surface area (Å²) in [5.74, 6) is 0.828. The molecular weight excluding hydrogens is 306 g/mol. The molecule has 134 valence electrons. The van der Waals surface area contributed by atoms with Crippen molar-refractivity contribution >= 4 is 6.09 Å². The Morgan fingerprint density at radius 1 is 1.33 bits per heavy atom. The third-order valence-corrected chi connectivity index (χ3v) is 3.93. The Labute approximate surface area is 144 Å². The summed E-state index contributed by atoms with van der Waals surface area (Å²) in [6.45, 7) is 14.2. The predicted molar refractivity (Wildman–Crippen MR) is 93.3 cm³/mol. The summed E-state index contributed by atoms with van der Waals surface area (Å²) < 4.78 is 17.3. The summed E-state index contributed by atoms with van der Waals surface area (Å²) in [6, 6.07) is 5.87. The molecule has 1 unspecified atom stereocenters. The molecule has 0 spiro atoms. The normalized spacial score (nSPS) is 20.1. The van der Waals surface area contributed by atoms with Gasteiger partial charge in [-0.15, -0.1) is 0 Å². The van der Waals surface area contributed by atoms with Crippen molar-refractivity contribution in [3.8, 4) is 5.75 Å². The molecule has 1 saturated heterocycles. The lowest BCUT2D eigenvalue weighted by Crippen LogP contribution is -2.51. The fourth-order valence-electron chi connectivity index (χ4n) is 2.83. The van der Waals surface area contributed by atoms with Crippen molar-refractivity contribution < 1.29 is 19.0 Å². The number of ether oxygens (including phenoxy) is 3. The predicted octanol–water partition coefficient (Wildman–Crippen LogP) is 4.05. The second-order valence-electron chi connectivity index (χ2n) is 7.84. The van der Waals surface area contributed by atoms with Crippen LogP contribution in [0.15, 0.2) is 18.2 Å². The van der Waals surface area contributed by atoms with Crippen molar-refractivity contribution in [3.05, 3.63) is 29.3 Å². The molecule has 5 heteroatoms. The van der Waals surface area contributed by atoms with Gasteiger partial charge in [-0.05, 0) is 60.1 Å². The highest BCUT2D eigenvalue weighted by molar-refractivity contribution is 5.69. The Bertz CT molecular complexity index is 604. The van der Waals surface area contributed by atoms with E-state index < -0.39 is 11.3 Å². The minimum atomic E-state index is -0.710. The highest BCUT2D eigenvalue weighted by Gasteiger charge is 2.46. The first kappa shape index (κ1) is 18.6. The monoisotopic (exact) mass is 335 g/mol. The van der Waals surface area contributed by atoms with E-state index in [9.17, 15) is 4.79 Å². The number of aryl methyl sites for hydroxylation is 2. The average molecular weight is 335 g/mol. The van der Waals surface area contributed by atoms with Gasteiger partial charge in [0.25, 0.3) is 0 Å². The first-order valence-corrected chi connectivity index (χ1v) is 8.36. The summed E-state index contributed by atoms with van der Waals surface area (Å²) >= 11 is 0. The lowest BCUT2D eigenvalue weighted by Gasteiger charge is -2.35. The number of amides is 1. The van der Waals surface area contributed by atoms with Crippen LogP contribution in [0.25, 0.3) is 0 Å². The molecule has 1 fully saturated rings. The first-order chi connectivity index (χ1) is 11.0. The molecule has 0 saturated carbocycles. The van der Waals surface area contributed by atoms with Crippen molar-refractivity contribution in [2.24, 2.45) is 0 Å². The second-order valence-corrected chi connectivity index (χ2v) is 7.84. The smallest absolute Gasteiger partial charge is 0.413 e. The van der Waals surface area contributed by atoms with Crippen LogP contribution in [0.1, 0.15) is 45.7 Å². The molecule has 1 aliphatic rings. The molecule has 0 N–H and O–H groups in total. The largest absolute Gasteiger partial charge is 0.491 e. The summed E-state index contributed by atoms with van der Waals surface area (Å²) in [4.78, 5) is 14.2. The van der Waals surface area contributed by atoms with Gasteiger partial charge in [0, 0.05) is 0 Å². The van der Waals surface area contributed by atoms with Gasteiger partial charge in [0.15, 0.2) is 0 Å². The van der Waals surface area contributed by atoms with Gasteiger partial charge in [-0.1, -0.05) is 17.7 Å². The van der Waals surface area contributed by atoms with Gasteiger partial charge in [-0.25, -0.2) is 4.79 Å². The zero-order valence-corrected chi connectivity index (χ0v) is 15.8. The maximum atomic E-state index is 12.6. The fourth-order valence-corrected chi connectivity index (χ4v) is 2.83. The van der Waals surface area contributed by atoms with Gasteiger partial charge in [-0.3, -0.25) is 4.90 Å². The number of rotatable bonds is 3. The Morgan fingerprint density at radius 2 is 2.00 bits per heavy atom. The van der Waals surface area contributed by atoms with Gasteiger partial charge in [0.05, 0.1) is 12.6 Å². The van der Waals surface area contributed by atoms with Crippen molar-refractivity contribution in [2.45, 2.75) is 65.8 Å². The van der Waals surface area contributed by atoms with Crippen LogP contribution in [0.2, 0.25) is 0 Å². The van der Waals surface area contributed by atoms with E-state index in [1.54, 1.807) is 4.90 Å². The van der Waals surface area contributed by atoms with Crippen LogP contribution in [0.5, 0.6) is 5.75 Å². The Hall–Kier alpha value is -1.75. The standard InChI is InChI=1S/C19H29NO4/c1-13-8-9-16(14(2)10-13)22-11-15-12-23-19(6,7)20(15)17(21)24-18(3,4)5/h8-10,15H,11-12H2,1-7H3. The van der Waals surface area contributed by atoms with Crippen LogP contribution in [-0.2, 0) is 9.47 Å². The van der Waals surface area contributed by atoms with Gasteiger partial charge in [0.1, 0.15) is 23.7 Å². The van der Waals surface area contributed by atoms with Crippen LogP contribution in [0.3, 0.4) is 0 Å². The average Bonchev–Trinajstić information content (AvgIpc) is 2.71. The molecule has 1 aliphatic heterocycles. The molecule has 2 rings (SSSR count). The maximum absolute atomic E-state index is 12.6. The fraction of sp³-hybridized carbons (Fsp3) is 0.632. The summed E-state index contributed by atoms with van der Waals surface area (Å²) in [6.07, 6.45) is -0.376. The molecule has 1 atom stereocenters. The van der Waals surface area contributed by atoms with E-state index in [0.717, 1.165) is 11.3 Å². The van der Waals surface area contributed by atoms with Crippen LogP contribution < -0.4 is 4.74 Å². The molecule has 1 heterocycles. The lowest BCUT2D eigenvalue weighted by atomic mass is 10.1. The quantitative estimate of drug-likeness (QED) is 0.836. The van der Waals surface area contributed by atoms with E-state index in [4.69, 9.17) is 14.2 Å². The molecule has 1 amide bonds. The molecule has 1 aromatic carbocycles. The van der Waals surface area contributed by atoms with Gasteiger partial charge < -0.3 is 14.2 Å². The molecule has 24 heavy (non-hydrogen) atoms. The van der Waals surface area contributed by atoms with Crippen molar-refractivity contribution in [2.75, 3.05) is 13.2 Å². The molecule has 1 aromatic rings. The summed E-state index contributed by atoms with van der Waals surface area (Å²) in [7, 11) is 0. The highest BCUT2D eigenvalue weighted by atomic mass is 16.6. The maximum Gasteiger partial charge on any atom is 0.413 e. The minimum Gasteiger partial charge on any atom is -0.491 e. The summed E-state index contributed by atoms with van der Waals surface area (Å²) in [5, 5.41) is 0. The SMILES string of the molecule is Cc1ccc(OCC2COC(C)(C)N2C(=O)OC(C)(C)C)c(C)c1. The number of hydrogen-bond donors (Lipinski definition) is 0. The molecule has 0 aromatic heterocycles. The molecule has 5 nitrogen and oxygen atoms in total. The minimum absolute atomic E-state index is 0.185. The second kappa shape index (κ2) is 6.63. The van der Waals surface area contributed by atoms with E-state index in [-0.39, 0.29) is 12.1 Å². The Morgan fingerprint density at radius 3 is 2.58 bits per heavy atom.